The van der Waals surface area contributed by atoms with Crippen LogP contribution < -0.4 is 10.6 Å². The molecule has 1 unspecified atom stereocenters. The maximum atomic E-state index is 5.32. The number of nitrogens with zero attached hydrogens (tertiary/aromatic N) is 2. The fraction of sp³-hybridized carbons (Fsp3) is 0.529. The molecular formula is C17H26N4OS. The molecule has 0 fully saturated rings. The Labute approximate surface area is 142 Å². The first-order chi connectivity index (χ1) is 11.1. The first-order valence-corrected chi connectivity index (χ1v) is 8.88. The zero-order valence-corrected chi connectivity index (χ0v) is 15.1. The summed E-state index contributed by atoms with van der Waals surface area (Å²) >= 11 is 1.81. The molecule has 0 radical (unpaired) electrons. The summed E-state index contributed by atoms with van der Waals surface area (Å²) in [5, 5.41) is 12.8. The van der Waals surface area contributed by atoms with Gasteiger partial charge in [0.15, 0.2) is 11.7 Å². The molecule has 0 bridgehead atoms. The van der Waals surface area contributed by atoms with Crippen molar-refractivity contribution in [3.63, 3.8) is 0 Å². The van der Waals surface area contributed by atoms with E-state index in [1.54, 1.807) is 7.05 Å². The number of rotatable bonds is 7. The molecule has 2 aromatic rings. The molecule has 23 heavy (non-hydrogen) atoms. The van der Waals surface area contributed by atoms with Gasteiger partial charge in [0, 0.05) is 24.5 Å². The fourth-order valence-corrected chi connectivity index (χ4v) is 3.06. The summed E-state index contributed by atoms with van der Waals surface area (Å²) in [5.41, 5.74) is 0.981. The number of aromatic nitrogens is 1. The Morgan fingerprint density at radius 3 is 2.78 bits per heavy atom. The highest BCUT2D eigenvalue weighted by molar-refractivity contribution is 7.09. The van der Waals surface area contributed by atoms with Crippen molar-refractivity contribution in [3.8, 4) is 0 Å². The molecule has 126 valence electrons. The van der Waals surface area contributed by atoms with E-state index in [4.69, 9.17) is 4.52 Å². The molecule has 0 spiro atoms. The third-order valence-electron chi connectivity index (χ3n) is 3.57. The molecule has 2 aromatic heterocycles. The van der Waals surface area contributed by atoms with Gasteiger partial charge in [0.25, 0.3) is 0 Å². The predicted molar refractivity (Wildman–Crippen MR) is 96.0 cm³/mol. The Hall–Kier alpha value is -1.82. The Morgan fingerprint density at radius 2 is 2.17 bits per heavy atom. The largest absolute Gasteiger partial charge is 0.359 e. The van der Waals surface area contributed by atoms with Gasteiger partial charge in [-0.25, -0.2) is 0 Å². The van der Waals surface area contributed by atoms with Gasteiger partial charge in [0.2, 0.25) is 0 Å². The van der Waals surface area contributed by atoms with E-state index in [1.165, 1.54) is 4.88 Å². The normalized spacial score (nSPS) is 13.3. The number of hydrogen-bond acceptors (Lipinski definition) is 4. The molecule has 6 heteroatoms. The maximum absolute atomic E-state index is 5.32. The van der Waals surface area contributed by atoms with E-state index in [9.17, 15) is 0 Å². The monoisotopic (exact) mass is 334 g/mol. The second-order valence-corrected chi connectivity index (χ2v) is 7.10. The second-order valence-electron chi connectivity index (χ2n) is 6.07. The summed E-state index contributed by atoms with van der Waals surface area (Å²) in [4.78, 5) is 5.67. The van der Waals surface area contributed by atoms with Crippen molar-refractivity contribution < 1.29 is 4.52 Å². The molecule has 0 aliphatic heterocycles. The van der Waals surface area contributed by atoms with Crippen LogP contribution in [0.4, 0.5) is 0 Å². The zero-order chi connectivity index (χ0) is 16.7. The lowest BCUT2D eigenvalue weighted by molar-refractivity contribution is 0.371. The van der Waals surface area contributed by atoms with Gasteiger partial charge in [0.05, 0.1) is 12.2 Å². The summed E-state index contributed by atoms with van der Waals surface area (Å²) < 4.78 is 5.32. The van der Waals surface area contributed by atoms with Crippen molar-refractivity contribution in [2.45, 2.75) is 39.7 Å². The standard InChI is InChI=1S/C17H26N4OS/c1-12(2)16-9-14(22-21-16)11-20-17(18-4)19-10-13(3)8-15-6-5-7-23-15/h5-7,9,12-13H,8,10-11H2,1-4H3,(H2,18,19,20). The summed E-state index contributed by atoms with van der Waals surface area (Å²) in [6.07, 6.45) is 1.08. The zero-order valence-electron chi connectivity index (χ0n) is 14.3. The summed E-state index contributed by atoms with van der Waals surface area (Å²) in [5.74, 6) is 2.53. The molecule has 0 aromatic carbocycles. The van der Waals surface area contributed by atoms with Gasteiger partial charge in [0.1, 0.15) is 0 Å². The van der Waals surface area contributed by atoms with Gasteiger partial charge in [-0.05, 0) is 29.7 Å². The summed E-state index contributed by atoms with van der Waals surface area (Å²) in [7, 11) is 1.78. The van der Waals surface area contributed by atoms with Crippen molar-refractivity contribution in [3.05, 3.63) is 39.9 Å². The smallest absolute Gasteiger partial charge is 0.191 e. The van der Waals surface area contributed by atoms with Crippen LogP contribution in [0.2, 0.25) is 0 Å². The first-order valence-electron chi connectivity index (χ1n) is 8.01. The number of aliphatic imine (C=N–C) groups is 1. The first kappa shape index (κ1) is 17.5. The second kappa shape index (κ2) is 8.72. The Morgan fingerprint density at radius 1 is 1.35 bits per heavy atom. The van der Waals surface area contributed by atoms with E-state index in [1.807, 2.05) is 17.4 Å². The molecule has 2 heterocycles. The molecule has 5 nitrogen and oxygen atoms in total. The van der Waals surface area contributed by atoms with Crippen LogP contribution in [0, 0.1) is 5.92 Å². The number of hydrogen-bond donors (Lipinski definition) is 2. The highest BCUT2D eigenvalue weighted by atomic mass is 32.1. The van der Waals surface area contributed by atoms with Crippen LogP contribution in [0.3, 0.4) is 0 Å². The van der Waals surface area contributed by atoms with Crippen molar-refractivity contribution in [1.82, 2.24) is 15.8 Å². The highest BCUT2D eigenvalue weighted by Crippen LogP contribution is 2.14. The molecule has 2 N–H and O–H groups in total. The van der Waals surface area contributed by atoms with Crippen LogP contribution in [-0.2, 0) is 13.0 Å². The van der Waals surface area contributed by atoms with Gasteiger partial charge in [-0.2, -0.15) is 0 Å². The van der Waals surface area contributed by atoms with Gasteiger partial charge in [-0.15, -0.1) is 11.3 Å². The Balaban J connectivity index is 1.74. The van der Waals surface area contributed by atoms with Crippen molar-refractivity contribution >= 4 is 17.3 Å². The van der Waals surface area contributed by atoms with Crippen LogP contribution >= 0.6 is 11.3 Å². The van der Waals surface area contributed by atoms with Crippen LogP contribution in [-0.4, -0.2) is 24.7 Å². The van der Waals surface area contributed by atoms with E-state index in [2.05, 4.69) is 59.1 Å². The highest BCUT2D eigenvalue weighted by Gasteiger charge is 2.09. The van der Waals surface area contributed by atoms with E-state index < -0.39 is 0 Å². The van der Waals surface area contributed by atoms with Crippen molar-refractivity contribution in [2.24, 2.45) is 10.9 Å². The average molecular weight is 334 g/mol. The Kier molecular flexibility index (Phi) is 6.65. The summed E-state index contributed by atoms with van der Waals surface area (Å²) in [6, 6.07) is 6.28. The minimum atomic E-state index is 0.378. The molecule has 0 amide bonds. The SMILES string of the molecule is CN=C(NCc1cc(C(C)C)no1)NCC(C)Cc1cccs1. The van der Waals surface area contributed by atoms with Crippen LogP contribution in [0.25, 0.3) is 0 Å². The molecule has 1 atom stereocenters. The van der Waals surface area contributed by atoms with E-state index in [0.717, 1.165) is 30.4 Å². The molecule has 0 aliphatic carbocycles. The van der Waals surface area contributed by atoms with Crippen molar-refractivity contribution in [1.29, 1.82) is 0 Å². The third-order valence-corrected chi connectivity index (χ3v) is 4.47. The minimum Gasteiger partial charge on any atom is -0.359 e. The number of guanidine groups is 1. The van der Waals surface area contributed by atoms with E-state index >= 15 is 0 Å². The summed E-state index contributed by atoms with van der Waals surface area (Å²) in [6.45, 7) is 7.91. The lowest BCUT2D eigenvalue weighted by Gasteiger charge is -2.15. The third kappa shape index (κ3) is 5.71. The molecule has 0 saturated heterocycles. The van der Waals surface area contributed by atoms with Gasteiger partial charge in [-0.1, -0.05) is 32.0 Å². The van der Waals surface area contributed by atoms with Crippen molar-refractivity contribution in [2.75, 3.05) is 13.6 Å². The van der Waals surface area contributed by atoms with Gasteiger partial charge < -0.3 is 15.2 Å². The van der Waals surface area contributed by atoms with E-state index in [0.29, 0.717) is 18.4 Å². The molecule has 2 rings (SSSR count). The quantitative estimate of drug-likeness (QED) is 0.602. The van der Waals surface area contributed by atoms with E-state index in [-0.39, 0.29) is 0 Å². The van der Waals surface area contributed by atoms with Gasteiger partial charge >= 0.3 is 0 Å². The lowest BCUT2D eigenvalue weighted by atomic mass is 10.1. The molecular weight excluding hydrogens is 308 g/mol. The molecule has 0 saturated carbocycles. The maximum Gasteiger partial charge on any atom is 0.191 e. The Bertz CT molecular complexity index is 604. The topological polar surface area (TPSA) is 62.5 Å². The van der Waals surface area contributed by atoms with Crippen LogP contribution in [0.15, 0.2) is 33.1 Å². The number of thiophene rings is 1. The molecule has 0 aliphatic rings. The fourth-order valence-electron chi connectivity index (χ4n) is 2.19. The predicted octanol–water partition coefficient (Wildman–Crippen LogP) is 3.40. The van der Waals surface area contributed by atoms with Crippen LogP contribution in [0.5, 0.6) is 0 Å². The minimum absolute atomic E-state index is 0.378. The number of nitrogens with one attached hydrogen (secondary N) is 2. The average Bonchev–Trinajstić information content (AvgIpc) is 3.18. The van der Waals surface area contributed by atoms with Crippen LogP contribution in [0.1, 0.15) is 43.0 Å². The van der Waals surface area contributed by atoms with Gasteiger partial charge in [-0.3, -0.25) is 4.99 Å². The lowest BCUT2D eigenvalue weighted by Crippen LogP contribution is -2.39.